The molecule has 2 fully saturated rings. The van der Waals surface area contributed by atoms with E-state index in [4.69, 9.17) is 9.47 Å². The van der Waals surface area contributed by atoms with Gasteiger partial charge in [-0.25, -0.2) is 4.79 Å². The van der Waals surface area contributed by atoms with Crippen molar-refractivity contribution < 1.29 is 23.9 Å². The average Bonchev–Trinajstić information content (AvgIpc) is 3.13. The first-order chi connectivity index (χ1) is 14.4. The molecule has 8 heteroatoms. The van der Waals surface area contributed by atoms with Crippen LogP contribution in [0.4, 0.5) is 4.79 Å². The second-order valence-corrected chi connectivity index (χ2v) is 7.92. The highest BCUT2D eigenvalue weighted by atomic mass is 16.6. The lowest BCUT2D eigenvalue weighted by atomic mass is 9.85. The first-order valence-electron chi connectivity index (χ1n) is 10.6. The zero-order chi connectivity index (χ0) is 21.6. The summed E-state index contributed by atoms with van der Waals surface area (Å²) >= 11 is 0. The third kappa shape index (κ3) is 5.43. The van der Waals surface area contributed by atoms with Crippen LogP contribution in [0.5, 0.6) is 5.75 Å². The van der Waals surface area contributed by atoms with Gasteiger partial charge in [0.1, 0.15) is 5.75 Å². The van der Waals surface area contributed by atoms with E-state index in [1.807, 2.05) is 24.3 Å². The van der Waals surface area contributed by atoms with Gasteiger partial charge in [-0.3, -0.25) is 9.59 Å². The number of benzene rings is 1. The second-order valence-electron chi connectivity index (χ2n) is 7.92. The molecule has 2 aliphatic rings. The minimum atomic E-state index is -0.395. The standard InChI is InChI=1S/C22H31N3O5/c1-3-30-21(28)25-14-12-24(13-15-25)20(27)9-11-22(10-8-19(26)23-22)16-17-4-6-18(29-2)7-5-17/h4-7H,3,8-16H2,1-2H3,(H,23,26). The van der Waals surface area contributed by atoms with E-state index < -0.39 is 5.54 Å². The van der Waals surface area contributed by atoms with Crippen molar-refractivity contribution in [3.63, 3.8) is 0 Å². The minimum Gasteiger partial charge on any atom is -0.497 e. The summed E-state index contributed by atoms with van der Waals surface area (Å²) in [6.07, 6.45) is 2.55. The van der Waals surface area contributed by atoms with Crippen LogP contribution in [-0.2, 0) is 20.7 Å². The number of hydrogen-bond acceptors (Lipinski definition) is 5. The van der Waals surface area contributed by atoms with E-state index >= 15 is 0 Å². The van der Waals surface area contributed by atoms with Gasteiger partial charge in [0.15, 0.2) is 0 Å². The maximum Gasteiger partial charge on any atom is 0.409 e. The van der Waals surface area contributed by atoms with Crippen LogP contribution in [0.2, 0.25) is 0 Å². The fraction of sp³-hybridized carbons (Fsp3) is 0.591. The highest BCUT2D eigenvalue weighted by Crippen LogP contribution is 2.30. The van der Waals surface area contributed by atoms with Crippen molar-refractivity contribution in [2.75, 3.05) is 39.9 Å². The normalized spacial score (nSPS) is 21.3. The fourth-order valence-electron chi connectivity index (χ4n) is 4.17. The van der Waals surface area contributed by atoms with Gasteiger partial charge in [-0.1, -0.05) is 12.1 Å². The largest absolute Gasteiger partial charge is 0.497 e. The Morgan fingerprint density at radius 2 is 1.77 bits per heavy atom. The van der Waals surface area contributed by atoms with Crippen molar-refractivity contribution >= 4 is 17.9 Å². The highest BCUT2D eigenvalue weighted by Gasteiger charge is 2.38. The van der Waals surface area contributed by atoms with Crippen LogP contribution in [0.15, 0.2) is 24.3 Å². The molecule has 2 heterocycles. The third-order valence-electron chi connectivity index (χ3n) is 5.91. The topological polar surface area (TPSA) is 88.2 Å². The van der Waals surface area contributed by atoms with Crippen LogP contribution in [0.3, 0.4) is 0 Å². The van der Waals surface area contributed by atoms with Crippen molar-refractivity contribution in [2.45, 2.75) is 44.6 Å². The van der Waals surface area contributed by atoms with Gasteiger partial charge in [0.25, 0.3) is 0 Å². The van der Waals surface area contributed by atoms with Gasteiger partial charge >= 0.3 is 6.09 Å². The highest BCUT2D eigenvalue weighted by molar-refractivity contribution is 5.80. The number of methoxy groups -OCH3 is 1. The van der Waals surface area contributed by atoms with Crippen LogP contribution in [-0.4, -0.2) is 73.1 Å². The molecule has 1 unspecified atom stereocenters. The molecular weight excluding hydrogens is 386 g/mol. The predicted octanol–water partition coefficient (Wildman–Crippen LogP) is 1.97. The fourth-order valence-corrected chi connectivity index (χ4v) is 4.17. The molecule has 0 saturated carbocycles. The number of amides is 3. The molecule has 0 aliphatic carbocycles. The summed E-state index contributed by atoms with van der Waals surface area (Å²) < 4.78 is 10.2. The van der Waals surface area contributed by atoms with Gasteiger partial charge in [0.2, 0.25) is 11.8 Å². The molecule has 2 aliphatic heterocycles. The number of piperazine rings is 1. The zero-order valence-corrected chi connectivity index (χ0v) is 17.8. The Hall–Kier alpha value is -2.77. The molecular formula is C22H31N3O5. The predicted molar refractivity (Wildman–Crippen MR) is 111 cm³/mol. The van der Waals surface area contributed by atoms with E-state index in [1.165, 1.54) is 0 Å². The van der Waals surface area contributed by atoms with Gasteiger partial charge in [-0.15, -0.1) is 0 Å². The number of carbonyl (C=O) groups excluding carboxylic acids is 3. The lowest BCUT2D eigenvalue weighted by Gasteiger charge is -2.35. The van der Waals surface area contributed by atoms with Crippen molar-refractivity contribution in [2.24, 2.45) is 0 Å². The lowest BCUT2D eigenvalue weighted by Crippen LogP contribution is -2.51. The summed E-state index contributed by atoms with van der Waals surface area (Å²) in [5.41, 5.74) is 0.710. The van der Waals surface area contributed by atoms with Crippen molar-refractivity contribution in [3.8, 4) is 5.75 Å². The number of hydrogen-bond donors (Lipinski definition) is 1. The molecule has 8 nitrogen and oxygen atoms in total. The molecule has 3 rings (SSSR count). The molecule has 1 N–H and O–H groups in total. The molecule has 0 radical (unpaired) electrons. The molecule has 1 aromatic rings. The first kappa shape index (κ1) is 21.9. The summed E-state index contributed by atoms with van der Waals surface area (Å²) in [5, 5.41) is 3.13. The third-order valence-corrected chi connectivity index (χ3v) is 5.91. The van der Waals surface area contributed by atoms with E-state index in [1.54, 1.807) is 23.8 Å². The van der Waals surface area contributed by atoms with E-state index in [2.05, 4.69) is 5.32 Å². The number of ether oxygens (including phenoxy) is 2. The maximum atomic E-state index is 12.8. The molecule has 1 aromatic carbocycles. The first-order valence-corrected chi connectivity index (χ1v) is 10.6. The summed E-state index contributed by atoms with van der Waals surface area (Å²) in [7, 11) is 1.63. The van der Waals surface area contributed by atoms with Gasteiger partial charge < -0.3 is 24.6 Å². The molecule has 0 aromatic heterocycles. The lowest BCUT2D eigenvalue weighted by molar-refractivity contribution is -0.133. The minimum absolute atomic E-state index is 0.0408. The number of nitrogens with zero attached hydrogens (tertiary/aromatic N) is 2. The van der Waals surface area contributed by atoms with E-state index in [9.17, 15) is 14.4 Å². The Bertz CT molecular complexity index is 759. The maximum absolute atomic E-state index is 12.8. The Morgan fingerprint density at radius 3 is 2.33 bits per heavy atom. The van der Waals surface area contributed by atoms with Crippen LogP contribution in [0.25, 0.3) is 0 Å². The van der Waals surface area contributed by atoms with E-state index in [0.29, 0.717) is 58.5 Å². The Balaban J connectivity index is 1.55. The monoisotopic (exact) mass is 417 g/mol. The van der Waals surface area contributed by atoms with Crippen molar-refractivity contribution in [1.29, 1.82) is 0 Å². The zero-order valence-electron chi connectivity index (χ0n) is 17.8. The van der Waals surface area contributed by atoms with Crippen LogP contribution in [0, 0.1) is 0 Å². The van der Waals surface area contributed by atoms with Gasteiger partial charge in [0.05, 0.1) is 13.7 Å². The van der Waals surface area contributed by atoms with Crippen molar-refractivity contribution in [1.82, 2.24) is 15.1 Å². The molecule has 164 valence electrons. The summed E-state index contributed by atoms with van der Waals surface area (Å²) in [6, 6.07) is 7.82. The SMILES string of the molecule is CCOC(=O)N1CCN(C(=O)CCC2(Cc3ccc(OC)cc3)CCC(=O)N2)CC1. The van der Waals surface area contributed by atoms with E-state index in [-0.39, 0.29) is 17.9 Å². The molecule has 1 atom stereocenters. The van der Waals surface area contributed by atoms with Crippen LogP contribution < -0.4 is 10.1 Å². The Morgan fingerprint density at radius 1 is 1.10 bits per heavy atom. The smallest absolute Gasteiger partial charge is 0.409 e. The number of carbonyl (C=O) groups is 3. The van der Waals surface area contributed by atoms with Crippen LogP contribution >= 0.6 is 0 Å². The molecule has 3 amide bonds. The molecule has 0 spiro atoms. The Labute approximate surface area is 177 Å². The molecule has 0 bridgehead atoms. The summed E-state index contributed by atoms with van der Waals surface area (Å²) in [5.74, 6) is 0.896. The van der Waals surface area contributed by atoms with Crippen molar-refractivity contribution in [3.05, 3.63) is 29.8 Å². The number of nitrogens with one attached hydrogen (secondary N) is 1. The molecule has 2 saturated heterocycles. The quantitative estimate of drug-likeness (QED) is 0.733. The summed E-state index contributed by atoms with van der Waals surface area (Å²) in [6.45, 7) is 4.11. The Kier molecular flexibility index (Phi) is 7.18. The van der Waals surface area contributed by atoms with E-state index in [0.717, 1.165) is 17.7 Å². The van der Waals surface area contributed by atoms with Gasteiger partial charge in [-0.05, 0) is 43.9 Å². The summed E-state index contributed by atoms with van der Waals surface area (Å²) in [4.78, 5) is 40.0. The second kappa shape index (κ2) is 9.82. The van der Waals surface area contributed by atoms with Crippen LogP contribution in [0.1, 0.15) is 38.2 Å². The average molecular weight is 418 g/mol. The molecule has 30 heavy (non-hydrogen) atoms. The van der Waals surface area contributed by atoms with Gasteiger partial charge in [0, 0.05) is 44.6 Å². The number of rotatable bonds is 7. The van der Waals surface area contributed by atoms with Gasteiger partial charge in [-0.2, -0.15) is 0 Å².